The lowest BCUT2D eigenvalue weighted by molar-refractivity contribution is 0.415. The molecule has 112 valence electrons. The highest BCUT2D eigenvalue weighted by molar-refractivity contribution is 7.99. The molecule has 1 aliphatic rings. The summed E-state index contributed by atoms with van der Waals surface area (Å²) in [4.78, 5) is 4.74. The molecule has 3 nitrogen and oxygen atoms in total. The molecule has 2 aromatic rings. The molecular weight excluding hydrogens is 280 g/mol. The summed E-state index contributed by atoms with van der Waals surface area (Å²) in [7, 11) is 3.63. The zero-order chi connectivity index (χ0) is 14.7. The smallest absolute Gasteiger partial charge is 0.130 e. The number of anilines is 1. The number of methoxy groups -OCH3 is 1. The number of fused-ring (bicyclic) bond motifs is 1. The van der Waals surface area contributed by atoms with E-state index in [0.717, 1.165) is 28.1 Å². The van der Waals surface area contributed by atoms with Crippen LogP contribution in [0.4, 0.5) is 5.82 Å². The van der Waals surface area contributed by atoms with Gasteiger partial charge < -0.3 is 10.1 Å². The van der Waals surface area contributed by atoms with Crippen molar-refractivity contribution in [1.29, 1.82) is 0 Å². The number of pyridine rings is 1. The van der Waals surface area contributed by atoms with Crippen LogP contribution in [-0.4, -0.2) is 24.4 Å². The zero-order valence-electron chi connectivity index (χ0n) is 12.7. The lowest BCUT2D eigenvalue weighted by Crippen LogP contribution is -2.01. The van der Waals surface area contributed by atoms with Gasteiger partial charge in [0.25, 0.3) is 0 Å². The van der Waals surface area contributed by atoms with Crippen LogP contribution in [0.15, 0.2) is 24.3 Å². The monoisotopic (exact) mass is 302 g/mol. The predicted octanol–water partition coefficient (Wildman–Crippen LogP) is 4.46. The quantitative estimate of drug-likeness (QED) is 0.884. The first-order chi connectivity index (χ1) is 10.3. The molecule has 1 fully saturated rings. The Bertz CT molecular complexity index is 623. The van der Waals surface area contributed by atoms with Crippen molar-refractivity contribution in [1.82, 2.24) is 4.98 Å². The maximum atomic E-state index is 5.28. The van der Waals surface area contributed by atoms with E-state index in [1.807, 2.05) is 19.2 Å². The third-order valence-corrected chi connectivity index (χ3v) is 5.54. The topological polar surface area (TPSA) is 34.2 Å². The number of ether oxygens (including phenoxy) is 1. The van der Waals surface area contributed by atoms with Crippen molar-refractivity contribution in [2.24, 2.45) is 0 Å². The van der Waals surface area contributed by atoms with Gasteiger partial charge in [0, 0.05) is 35.1 Å². The van der Waals surface area contributed by atoms with Gasteiger partial charge in [0.2, 0.25) is 0 Å². The molecule has 1 aromatic heterocycles. The van der Waals surface area contributed by atoms with Gasteiger partial charge in [-0.15, -0.1) is 0 Å². The second-order valence-corrected chi connectivity index (χ2v) is 6.81. The largest absolute Gasteiger partial charge is 0.497 e. The van der Waals surface area contributed by atoms with Gasteiger partial charge >= 0.3 is 0 Å². The van der Waals surface area contributed by atoms with Gasteiger partial charge in [-0.05, 0) is 31.0 Å². The number of hydrogen-bond acceptors (Lipinski definition) is 4. The lowest BCUT2D eigenvalue weighted by Gasteiger charge is -2.13. The average Bonchev–Trinajstić information content (AvgIpc) is 3.04. The molecule has 0 radical (unpaired) electrons. The van der Waals surface area contributed by atoms with Crippen LogP contribution in [0.5, 0.6) is 5.75 Å². The number of aromatic nitrogens is 1. The van der Waals surface area contributed by atoms with E-state index >= 15 is 0 Å². The molecule has 4 heteroatoms. The minimum atomic E-state index is 0.835. The summed E-state index contributed by atoms with van der Waals surface area (Å²) in [6.07, 6.45) is 5.54. The van der Waals surface area contributed by atoms with Gasteiger partial charge in [-0.3, -0.25) is 0 Å². The summed E-state index contributed by atoms with van der Waals surface area (Å²) in [6.45, 7) is 0. The molecule has 1 aliphatic carbocycles. The molecule has 0 spiro atoms. The number of benzene rings is 1. The van der Waals surface area contributed by atoms with Crippen molar-refractivity contribution < 1.29 is 4.74 Å². The van der Waals surface area contributed by atoms with Crippen LogP contribution < -0.4 is 10.1 Å². The van der Waals surface area contributed by atoms with Crippen LogP contribution in [0.25, 0.3) is 10.9 Å². The molecule has 0 atom stereocenters. The molecule has 0 aliphatic heterocycles. The number of thioether (sulfide) groups is 1. The Morgan fingerprint density at radius 3 is 2.81 bits per heavy atom. The zero-order valence-corrected chi connectivity index (χ0v) is 13.5. The van der Waals surface area contributed by atoms with Crippen LogP contribution in [0, 0.1) is 0 Å². The first-order valence-corrected chi connectivity index (χ1v) is 8.62. The third kappa shape index (κ3) is 3.26. The first kappa shape index (κ1) is 14.5. The second-order valence-electron chi connectivity index (χ2n) is 5.52. The van der Waals surface area contributed by atoms with Gasteiger partial charge in [-0.1, -0.05) is 12.8 Å². The van der Waals surface area contributed by atoms with Gasteiger partial charge in [-0.25, -0.2) is 4.98 Å². The number of nitrogens with zero attached hydrogens (tertiary/aromatic N) is 1. The van der Waals surface area contributed by atoms with E-state index < -0.39 is 0 Å². The van der Waals surface area contributed by atoms with Crippen LogP contribution in [0.2, 0.25) is 0 Å². The Kier molecular flexibility index (Phi) is 4.54. The van der Waals surface area contributed by atoms with Gasteiger partial charge in [0.05, 0.1) is 12.6 Å². The Labute approximate surface area is 130 Å². The molecule has 21 heavy (non-hydrogen) atoms. The highest BCUT2D eigenvalue weighted by Crippen LogP contribution is 2.34. The molecule has 1 N–H and O–H groups in total. The first-order valence-electron chi connectivity index (χ1n) is 7.57. The van der Waals surface area contributed by atoms with E-state index in [9.17, 15) is 0 Å². The molecule has 0 amide bonds. The molecule has 1 saturated carbocycles. The van der Waals surface area contributed by atoms with Gasteiger partial charge in [0.1, 0.15) is 11.6 Å². The molecule has 0 saturated heterocycles. The standard InChI is InChI=1S/C17H22N2OS/c1-18-17-13(11-21-15-5-3-4-6-15)9-12-7-8-14(20-2)10-16(12)19-17/h7-10,15H,3-6,11H2,1-2H3,(H,18,19). The Morgan fingerprint density at radius 2 is 2.10 bits per heavy atom. The van der Waals surface area contributed by atoms with Gasteiger partial charge in [-0.2, -0.15) is 11.8 Å². The third-order valence-electron chi connectivity index (χ3n) is 4.12. The van der Waals surface area contributed by atoms with Crippen molar-refractivity contribution in [3.8, 4) is 5.75 Å². The Balaban J connectivity index is 1.86. The minimum Gasteiger partial charge on any atom is -0.497 e. The fourth-order valence-corrected chi connectivity index (χ4v) is 4.21. The maximum Gasteiger partial charge on any atom is 0.130 e. The molecule has 1 heterocycles. The van der Waals surface area contributed by atoms with Gasteiger partial charge in [0.15, 0.2) is 0 Å². The minimum absolute atomic E-state index is 0.835. The fraction of sp³-hybridized carbons (Fsp3) is 0.471. The Hall–Kier alpha value is -1.42. The van der Waals surface area contributed by atoms with E-state index in [1.54, 1.807) is 7.11 Å². The Morgan fingerprint density at radius 1 is 1.29 bits per heavy atom. The summed E-state index contributed by atoms with van der Waals surface area (Å²) in [5.41, 5.74) is 2.28. The summed E-state index contributed by atoms with van der Waals surface area (Å²) in [5.74, 6) is 2.88. The molecular formula is C17H22N2OS. The summed E-state index contributed by atoms with van der Waals surface area (Å²) in [6, 6.07) is 8.33. The highest BCUT2D eigenvalue weighted by Gasteiger charge is 2.16. The number of rotatable bonds is 5. The molecule has 0 unspecified atom stereocenters. The van der Waals surface area contributed by atoms with Crippen molar-refractivity contribution in [2.45, 2.75) is 36.7 Å². The SMILES string of the molecule is CNc1nc2cc(OC)ccc2cc1CSC1CCCC1. The summed E-state index contributed by atoms with van der Waals surface area (Å²) < 4.78 is 5.28. The fourth-order valence-electron chi connectivity index (χ4n) is 2.91. The van der Waals surface area contributed by atoms with Crippen molar-refractivity contribution in [2.75, 3.05) is 19.5 Å². The molecule has 1 aromatic carbocycles. The second kappa shape index (κ2) is 6.56. The van der Waals surface area contributed by atoms with Crippen LogP contribution in [0.3, 0.4) is 0 Å². The van der Waals surface area contributed by atoms with Crippen LogP contribution in [-0.2, 0) is 5.75 Å². The highest BCUT2D eigenvalue weighted by atomic mass is 32.2. The van der Waals surface area contributed by atoms with Crippen molar-refractivity contribution >= 4 is 28.5 Å². The van der Waals surface area contributed by atoms with Crippen molar-refractivity contribution in [3.05, 3.63) is 29.8 Å². The van der Waals surface area contributed by atoms with E-state index in [1.165, 1.54) is 36.6 Å². The van der Waals surface area contributed by atoms with E-state index in [0.29, 0.717) is 0 Å². The number of hydrogen-bond donors (Lipinski definition) is 1. The van der Waals surface area contributed by atoms with E-state index in [4.69, 9.17) is 9.72 Å². The predicted molar refractivity (Wildman–Crippen MR) is 91.4 cm³/mol. The van der Waals surface area contributed by atoms with E-state index in [2.05, 4.69) is 29.2 Å². The van der Waals surface area contributed by atoms with Crippen LogP contribution in [0.1, 0.15) is 31.2 Å². The van der Waals surface area contributed by atoms with Crippen LogP contribution >= 0.6 is 11.8 Å². The molecule has 3 rings (SSSR count). The lowest BCUT2D eigenvalue weighted by atomic mass is 10.1. The average molecular weight is 302 g/mol. The molecule has 0 bridgehead atoms. The summed E-state index contributed by atoms with van der Waals surface area (Å²) in [5, 5.41) is 5.25. The van der Waals surface area contributed by atoms with Crippen molar-refractivity contribution in [3.63, 3.8) is 0 Å². The normalized spacial score (nSPS) is 15.5. The summed E-state index contributed by atoms with van der Waals surface area (Å²) >= 11 is 2.08. The van der Waals surface area contributed by atoms with E-state index in [-0.39, 0.29) is 0 Å². The maximum absolute atomic E-state index is 5.28. The number of nitrogens with one attached hydrogen (secondary N) is 1.